The summed E-state index contributed by atoms with van der Waals surface area (Å²) in [5, 5.41) is 20.9. The molecule has 30 heavy (non-hydrogen) atoms. The Morgan fingerprint density at radius 3 is 2.77 bits per heavy atom. The van der Waals surface area contributed by atoms with Gasteiger partial charge in [-0.05, 0) is 49.2 Å². The lowest BCUT2D eigenvalue weighted by Crippen LogP contribution is -2.28. The number of ketones is 1. The van der Waals surface area contributed by atoms with Gasteiger partial charge in [0.05, 0.1) is 18.1 Å². The number of thioether (sulfide) groups is 1. The molecule has 0 aliphatic heterocycles. The highest BCUT2D eigenvalue weighted by atomic mass is 32.2. The number of aliphatic hydroxyl groups is 2. The second kappa shape index (κ2) is 10.4. The molecule has 1 aliphatic rings. The molecule has 0 saturated carbocycles. The quantitative estimate of drug-likeness (QED) is 0.447. The molecule has 6 nitrogen and oxygen atoms in total. The van der Waals surface area contributed by atoms with Crippen molar-refractivity contribution in [2.24, 2.45) is 7.05 Å². The second-order valence-electron chi connectivity index (χ2n) is 6.99. The van der Waals surface area contributed by atoms with E-state index in [1.807, 2.05) is 48.1 Å². The number of aliphatic hydroxyl groups excluding tert-OH is 1. The fraction of sp³-hybridized carbons (Fsp3) is 0.304. The van der Waals surface area contributed by atoms with Gasteiger partial charge >= 0.3 is 0 Å². The molecule has 7 heteroatoms. The van der Waals surface area contributed by atoms with Crippen molar-refractivity contribution in [3.63, 3.8) is 0 Å². The number of hydrogen-bond acceptors (Lipinski definition) is 6. The minimum Gasteiger partial charge on any atom is -0.494 e. The number of Topliss-reactive ketones (excluding diaryl/α,β-unsaturated/α-hetero) is 1. The lowest BCUT2D eigenvalue weighted by Gasteiger charge is -2.22. The van der Waals surface area contributed by atoms with Crippen LogP contribution in [0.3, 0.4) is 0 Å². The zero-order valence-electron chi connectivity index (χ0n) is 16.9. The molecule has 1 aromatic carbocycles. The smallest absolute Gasteiger partial charge is 0.198 e. The van der Waals surface area contributed by atoms with Crippen molar-refractivity contribution in [3.05, 3.63) is 77.5 Å². The van der Waals surface area contributed by atoms with Crippen LogP contribution in [0.4, 0.5) is 0 Å². The van der Waals surface area contributed by atoms with Crippen LogP contribution in [0.25, 0.3) is 0 Å². The number of aryl methyl sites for hydroxylation is 1. The van der Waals surface area contributed by atoms with Gasteiger partial charge < -0.3 is 19.5 Å². The maximum absolute atomic E-state index is 13.0. The van der Waals surface area contributed by atoms with Crippen molar-refractivity contribution in [1.29, 1.82) is 0 Å². The topological polar surface area (TPSA) is 84.6 Å². The first-order chi connectivity index (χ1) is 14.5. The first-order valence-electron chi connectivity index (χ1n) is 9.84. The molecular weight excluding hydrogens is 400 g/mol. The van der Waals surface area contributed by atoms with Crippen LogP contribution >= 0.6 is 11.8 Å². The average molecular weight is 427 g/mol. The van der Waals surface area contributed by atoms with Crippen LogP contribution < -0.4 is 4.74 Å². The van der Waals surface area contributed by atoms with E-state index in [1.165, 1.54) is 17.8 Å². The molecule has 0 amide bonds. The summed E-state index contributed by atoms with van der Waals surface area (Å²) in [5.74, 6) is 0.601. The van der Waals surface area contributed by atoms with Gasteiger partial charge in [0.15, 0.2) is 10.9 Å². The number of carbonyl (C=O) groups excluding carboxylic acids is 1. The van der Waals surface area contributed by atoms with Gasteiger partial charge in [0, 0.05) is 25.0 Å². The summed E-state index contributed by atoms with van der Waals surface area (Å²) in [4.78, 5) is 17.7. The molecule has 1 aromatic heterocycles. The van der Waals surface area contributed by atoms with E-state index in [1.54, 1.807) is 24.4 Å². The van der Waals surface area contributed by atoms with Crippen molar-refractivity contribution in [3.8, 4) is 5.75 Å². The SMILES string of the molecule is Cn1ccnc1SC1=CC(O)(CCCCOc2ccccc2)/C(=C/C=C/CO)C1=O. The first-order valence-corrected chi connectivity index (χ1v) is 10.7. The van der Waals surface area contributed by atoms with E-state index in [2.05, 4.69) is 4.98 Å². The lowest BCUT2D eigenvalue weighted by molar-refractivity contribution is -0.112. The molecule has 2 aromatic rings. The van der Waals surface area contributed by atoms with Crippen LogP contribution in [0.2, 0.25) is 0 Å². The zero-order valence-corrected chi connectivity index (χ0v) is 17.7. The Labute approximate surface area is 180 Å². The third kappa shape index (κ3) is 5.50. The summed E-state index contributed by atoms with van der Waals surface area (Å²) in [6.45, 7) is 0.408. The summed E-state index contributed by atoms with van der Waals surface area (Å²) in [7, 11) is 1.86. The van der Waals surface area contributed by atoms with Crippen molar-refractivity contribution in [2.75, 3.05) is 13.2 Å². The fourth-order valence-electron chi connectivity index (χ4n) is 3.17. The van der Waals surface area contributed by atoms with Crippen LogP contribution in [0, 0.1) is 0 Å². The Hall–Kier alpha value is -2.61. The molecule has 1 aliphatic carbocycles. The Balaban J connectivity index is 1.66. The van der Waals surface area contributed by atoms with E-state index in [-0.39, 0.29) is 12.4 Å². The Kier molecular flexibility index (Phi) is 7.68. The summed E-state index contributed by atoms with van der Waals surface area (Å²) in [5.41, 5.74) is -1.04. The number of ether oxygens (including phenoxy) is 1. The summed E-state index contributed by atoms with van der Waals surface area (Å²) in [6, 6.07) is 9.59. The Morgan fingerprint density at radius 1 is 1.27 bits per heavy atom. The van der Waals surface area contributed by atoms with Gasteiger partial charge in [0.2, 0.25) is 0 Å². The maximum atomic E-state index is 13.0. The molecular formula is C23H26N2O4S. The third-order valence-corrected chi connectivity index (χ3v) is 5.85. The minimum absolute atomic E-state index is 0.129. The predicted molar refractivity (Wildman–Crippen MR) is 117 cm³/mol. The molecule has 1 atom stereocenters. The number of benzene rings is 1. The van der Waals surface area contributed by atoms with Crippen molar-refractivity contribution in [2.45, 2.75) is 30.0 Å². The Morgan fingerprint density at radius 2 is 2.07 bits per heavy atom. The fourth-order valence-corrected chi connectivity index (χ4v) is 4.14. The summed E-state index contributed by atoms with van der Waals surface area (Å²) < 4.78 is 7.53. The van der Waals surface area contributed by atoms with Crippen molar-refractivity contribution in [1.82, 2.24) is 9.55 Å². The van der Waals surface area contributed by atoms with Crippen molar-refractivity contribution < 1.29 is 19.7 Å². The number of rotatable bonds is 10. The van der Waals surface area contributed by atoms with Gasteiger partial charge in [0.25, 0.3) is 0 Å². The van der Waals surface area contributed by atoms with Gasteiger partial charge in [-0.1, -0.05) is 36.4 Å². The number of carbonyl (C=O) groups is 1. The maximum Gasteiger partial charge on any atom is 0.198 e. The molecule has 0 spiro atoms. The van der Waals surface area contributed by atoms with Crippen LogP contribution in [-0.4, -0.2) is 44.4 Å². The second-order valence-corrected chi connectivity index (χ2v) is 8.00. The van der Waals surface area contributed by atoms with Crippen LogP contribution in [-0.2, 0) is 11.8 Å². The van der Waals surface area contributed by atoms with Crippen LogP contribution in [0.1, 0.15) is 19.3 Å². The number of unbranched alkanes of at least 4 members (excludes halogenated alkanes) is 1. The number of allylic oxidation sites excluding steroid dienone is 3. The standard InChI is InChI=1S/C23H26N2O4S/c1-25-14-13-24-22(25)30-20-17-23(28,19(21(20)27)11-5-7-15-26)12-6-8-16-29-18-9-3-2-4-10-18/h2-5,7,9-11,13-14,17,26,28H,6,8,12,15-16H2,1H3/b7-5+,19-11+. The van der Waals surface area contributed by atoms with E-state index in [4.69, 9.17) is 9.84 Å². The molecule has 0 fully saturated rings. The monoisotopic (exact) mass is 426 g/mol. The summed E-state index contributed by atoms with van der Waals surface area (Å²) >= 11 is 1.24. The van der Waals surface area contributed by atoms with Crippen LogP contribution in [0.5, 0.6) is 5.75 Å². The molecule has 3 rings (SSSR count). The van der Waals surface area contributed by atoms with Crippen molar-refractivity contribution >= 4 is 17.5 Å². The number of para-hydroxylation sites is 1. The first kappa shape index (κ1) is 22.1. The number of hydrogen-bond donors (Lipinski definition) is 2. The van der Waals surface area contributed by atoms with Gasteiger partial charge in [0.1, 0.15) is 11.4 Å². The molecule has 0 radical (unpaired) electrons. The molecule has 1 unspecified atom stereocenters. The molecule has 1 heterocycles. The van der Waals surface area contributed by atoms with Gasteiger partial charge in [-0.25, -0.2) is 4.98 Å². The van der Waals surface area contributed by atoms with E-state index in [0.717, 1.165) is 12.2 Å². The highest BCUT2D eigenvalue weighted by Gasteiger charge is 2.41. The zero-order chi connectivity index (χ0) is 21.4. The average Bonchev–Trinajstić information content (AvgIpc) is 3.24. The van der Waals surface area contributed by atoms with Gasteiger partial charge in [-0.15, -0.1) is 0 Å². The highest BCUT2D eigenvalue weighted by molar-refractivity contribution is 8.03. The highest BCUT2D eigenvalue weighted by Crippen LogP contribution is 2.41. The lowest BCUT2D eigenvalue weighted by atomic mass is 9.90. The molecule has 0 saturated heterocycles. The van der Waals surface area contributed by atoms with Crippen LogP contribution in [0.15, 0.2) is 82.7 Å². The predicted octanol–water partition coefficient (Wildman–Crippen LogP) is 3.43. The third-order valence-electron chi connectivity index (χ3n) is 4.75. The molecule has 2 N–H and O–H groups in total. The van der Waals surface area contributed by atoms with E-state index in [0.29, 0.717) is 35.1 Å². The normalized spacial score (nSPS) is 20.3. The summed E-state index contributed by atoms with van der Waals surface area (Å²) in [6.07, 6.45) is 11.7. The minimum atomic E-state index is -1.35. The number of imidazole rings is 1. The number of nitrogens with zero attached hydrogens (tertiary/aromatic N) is 2. The van der Waals surface area contributed by atoms with E-state index >= 15 is 0 Å². The largest absolute Gasteiger partial charge is 0.494 e. The van der Waals surface area contributed by atoms with Gasteiger partial charge in [-0.2, -0.15) is 0 Å². The Bertz CT molecular complexity index is 949. The molecule has 0 bridgehead atoms. The van der Waals surface area contributed by atoms with E-state index in [9.17, 15) is 9.90 Å². The number of aromatic nitrogens is 2. The molecule has 158 valence electrons. The van der Waals surface area contributed by atoms with E-state index < -0.39 is 5.60 Å². The van der Waals surface area contributed by atoms with Gasteiger partial charge in [-0.3, -0.25) is 4.79 Å².